The number of rotatable bonds is 6. The van der Waals surface area contributed by atoms with Crippen molar-refractivity contribution in [3.8, 4) is 5.75 Å². The fourth-order valence-electron chi connectivity index (χ4n) is 4.19. The van der Waals surface area contributed by atoms with Gasteiger partial charge in [-0.1, -0.05) is 25.4 Å². The zero-order valence-corrected chi connectivity index (χ0v) is 20.5. The van der Waals surface area contributed by atoms with Crippen LogP contribution in [0.4, 0.5) is 10.1 Å². The fraction of sp³-hybridized carbons (Fsp3) is 0.259. The number of carbonyl (C=O) groups is 2. The molecule has 1 atom stereocenters. The number of aliphatic hydroxyl groups is 1. The normalized spacial score (nSPS) is 17.5. The lowest BCUT2D eigenvalue weighted by Gasteiger charge is -2.24. The molecule has 0 aliphatic carbocycles. The van der Waals surface area contributed by atoms with Crippen molar-refractivity contribution in [2.24, 2.45) is 0 Å². The van der Waals surface area contributed by atoms with Gasteiger partial charge < -0.3 is 14.3 Å². The van der Waals surface area contributed by atoms with Crippen LogP contribution in [0.5, 0.6) is 5.75 Å². The number of ketones is 1. The molecular weight excluding hydrogens is 473 g/mol. The highest BCUT2D eigenvalue weighted by Crippen LogP contribution is 2.43. The Labute approximate surface area is 207 Å². The van der Waals surface area contributed by atoms with Gasteiger partial charge in [0, 0.05) is 11.3 Å². The lowest BCUT2D eigenvalue weighted by Crippen LogP contribution is -2.29. The van der Waals surface area contributed by atoms with Crippen molar-refractivity contribution >= 4 is 34.7 Å². The molecule has 1 aliphatic heterocycles. The minimum atomic E-state index is -1.07. The predicted molar refractivity (Wildman–Crippen MR) is 131 cm³/mol. The minimum absolute atomic E-state index is 0.0802. The van der Waals surface area contributed by atoms with E-state index in [1.54, 1.807) is 37.3 Å². The maximum atomic E-state index is 13.8. The fourth-order valence-corrected chi connectivity index (χ4v) is 4.37. The van der Waals surface area contributed by atoms with Crippen LogP contribution in [0.1, 0.15) is 55.4 Å². The SMILES string of the molecule is CCOc1ccc(/C(O)=C2/C(=O)C(=O)N(c3ccc(F)c(Cl)c3)C2c2ccc(C)o2)cc1C(C)C. The van der Waals surface area contributed by atoms with E-state index in [2.05, 4.69) is 0 Å². The Bertz CT molecular complexity index is 1340. The summed E-state index contributed by atoms with van der Waals surface area (Å²) in [5, 5.41) is 11.1. The molecule has 4 rings (SSSR count). The van der Waals surface area contributed by atoms with Crippen molar-refractivity contribution in [2.75, 3.05) is 11.5 Å². The van der Waals surface area contributed by atoms with Gasteiger partial charge in [0.15, 0.2) is 0 Å². The molecule has 1 unspecified atom stereocenters. The van der Waals surface area contributed by atoms with Crippen molar-refractivity contribution < 1.29 is 28.2 Å². The standard InChI is InChI=1S/C27H25ClFNO5/c1-5-34-21-11-7-16(12-18(21)14(2)3)25(31)23-24(22-10-6-15(4)35-22)30(27(33)26(23)32)17-8-9-20(29)19(28)13-17/h6-14,24,31H,5H2,1-4H3/b25-23-. The summed E-state index contributed by atoms with van der Waals surface area (Å²) in [5.41, 5.74) is 1.27. The molecule has 1 N–H and O–H groups in total. The van der Waals surface area contributed by atoms with Gasteiger partial charge in [-0.05, 0) is 73.9 Å². The molecule has 1 aliphatic rings. The van der Waals surface area contributed by atoms with Gasteiger partial charge in [0.05, 0.1) is 17.2 Å². The average Bonchev–Trinajstić information content (AvgIpc) is 3.36. The van der Waals surface area contributed by atoms with Crippen LogP contribution in [-0.4, -0.2) is 23.4 Å². The second-order valence-corrected chi connectivity index (χ2v) is 8.96. The van der Waals surface area contributed by atoms with E-state index in [1.165, 1.54) is 12.1 Å². The van der Waals surface area contributed by atoms with Gasteiger partial charge in [-0.3, -0.25) is 14.5 Å². The summed E-state index contributed by atoms with van der Waals surface area (Å²) < 4.78 is 25.3. The van der Waals surface area contributed by atoms with Gasteiger partial charge in [-0.2, -0.15) is 0 Å². The molecule has 1 saturated heterocycles. The van der Waals surface area contributed by atoms with E-state index in [4.69, 9.17) is 20.8 Å². The van der Waals surface area contributed by atoms with Crippen LogP contribution in [0.3, 0.4) is 0 Å². The smallest absolute Gasteiger partial charge is 0.300 e. The predicted octanol–water partition coefficient (Wildman–Crippen LogP) is 6.53. The second kappa shape index (κ2) is 9.58. The first kappa shape index (κ1) is 24.5. The Morgan fingerprint density at radius 1 is 1.17 bits per heavy atom. The summed E-state index contributed by atoms with van der Waals surface area (Å²) in [6.07, 6.45) is 0. The largest absolute Gasteiger partial charge is 0.507 e. The number of aliphatic hydroxyl groups excluding tert-OH is 1. The monoisotopic (exact) mass is 497 g/mol. The van der Waals surface area contributed by atoms with Crippen LogP contribution >= 0.6 is 11.6 Å². The number of Topliss-reactive ketones (excluding diaryl/α,β-unsaturated/α-hetero) is 1. The highest BCUT2D eigenvalue weighted by Gasteiger charge is 2.48. The number of aryl methyl sites for hydroxylation is 1. The number of hydrogen-bond acceptors (Lipinski definition) is 5. The van der Waals surface area contributed by atoms with Crippen LogP contribution in [0.15, 0.2) is 58.5 Å². The third-order valence-corrected chi connectivity index (χ3v) is 6.15. The molecular formula is C27H25ClFNO5. The lowest BCUT2D eigenvalue weighted by atomic mass is 9.95. The van der Waals surface area contributed by atoms with Gasteiger partial charge in [0.2, 0.25) is 0 Å². The van der Waals surface area contributed by atoms with E-state index in [9.17, 15) is 19.1 Å². The van der Waals surface area contributed by atoms with E-state index in [0.29, 0.717) is 23.7 Å². The molecule has 2 heterocycles. The Morgan fingerprint density at radius 3 is 2.51 bits per heavy atom. The Morgan fingerprint density at radius 2 is 1.91 bits per heavy atom. The average molecular weight is 498 g/mol. The van der Waals surface area contributed by atoms with E-state index in [-0.39, 0.29) is 33.7 Å². The minimum Gasteiger partial charge on any atom is -0.507 e. The first-order chi connectivity index (χ1) is 16.6. The molecule has 1 aromatic heterocycles. The molecule has 2 aromatic carbocycles. The quantitative estimate of drug-likeness (QED) is 0.238. The third kappa shape index (κ3) is 4.44. The first-order valence-corrected chi connectivity index (χ1v) is 11.6. The number of halogens is 2. The molecule has 0 radical (unpaired) electrons. The van der Waals surface area contributed by atoms with Crippen LogP contribution in [0, 0.1) is 12.7 Å². The van der Waals surface area contributed by atoms with Crippen LogP contribution in [0.2, 0.25) is 5.02 Å². The summed E-state index contributed by atoms with van der Waals surface area (Å²) in [5.74, 6) is -1.18. The van der Waals surface area contributed by atoms with Gasteiger partial charge in [-0.25, -0.2) is 4.39 Å². The summed E-state index contributed by atoms with van der Waals surface area (Å²) in [6, 6.07) is 11.1. The van der Waals surface area contributed by atoms with E-state index >= 15 is 0 Å². The Balaban J connectivity index is 1.92. The van der Waals surface area contributed by atoms with Crippen molar-refractivity contribution in [3.05, 3.63) is 87.6 Å². The zero-order chi connectivity index (χ0) is 25.4. The first-order valence-electron chi connectivity index (χ1n) is 11.2. The molecule has 1 amide bonds. The van der Waals surface area contributed by atoms with Crippen molar-refractivity contribution in [2.45, 2.75) is 39.7 Å². The van der Waals surface area contributed by atoms with Crippen LogP contribution < -0.4 is 9.64 Å². The van der Waals surface area contributed by atoms with Crippen molar-refractivity contribution in [3.63, 3.8) is 0 Å². The lowest BCUT2D eigenvalue weighted by molar-refractivity contribution is -0.132. The van der Waals surface area contributed by atoms with E-state index < -0.39 is 23.5 Å². The zero-order valence-electron chi connectivity index (χ0n) is 19.8. The number of hydrogen-bond donors (Lipinski definition) is 1. The summed E-state index contributed by atoms with van der Waals surface area (Å²) >= 11 is 5.96. The number of anilines is 1. The highest BCUT2D eigenvalue weighted by atomic mass is 35.5. The summed E-state index contributed by atoms with van der Waals surface area (Å²) in [4.78, 5) is 27.6. The molecule has 0 saturated carbocycles. The van der Waals surface area contributed by atoms with E-state index in [0.717, 1.165) is 16.5 Å². The second-order valence-electron chi connectivity index (χ2n) is 8.56. The van der Waals surface area contributed by atoms with Crippen molar-refractivity contribution in [1.82, 2.24) is 0 Å². The number of ether oxygens (including phenoxy) is 1. The number of benzene rings is 2. The molecule has 6 nitrogen and oxygen atoms in total. The molecule has 1 fully saturated rings. The number of furan rings is 1. The molecule has 8 heteroatoms. The van der Waals surface area contributed by atoms with Crippen LogP contribution in [0.25, 0.3) is 5.76 Å². The molecule has 0 bridgehead atoms. The molecule has 35 heavy (non-hydrogen) atoms. The van der Waals surface area contributed by atoms with Gasteiger partial charge in [-0.15, -0.1) is 0 Å². The maximum Gasteiger partial charge on any atom is 0.300 e. The van der Waals surface area contributed by atoms with Gasteiger partial charge >= 0.3 is 0 Å². The van der Waals surface area contributed by atoms with Gasteiger partial charge in [0.1, 0.15) is 34.9 Å². The van der Waals surface area contributed by atoms with E-state index in [1.807, 2.05) is 20.8 Å². The Hall–Kier alpha value is -3.58. The molecule has 3 aromatic rings. The number of nitrogens with zero attached hydrogens (tertiary/aromatic N) is 1. The maximum absolute atomic E-state index is 13.8. The summed E-state index contributed by atoms with van der Waals surface area (Å²) in [7, 11) is 0. The molecule has 0 spiro atoms. The topological polar surface area (TPSA) is 80.0 Å². The third-order valence-electron chi connectivity index (χ3n) is 5.86. The van der Waals surface area contributed by atoms with Crippen molar-refractivity contribution in [1.29, 1.82) is 0 Å². The van der Waals surface area contributed by atoms with Crippen LogP contribution in [-0.2, 0) is 9.59 Å². The Kier molecular flexibility index (Phi) is 6.72. The molecule has 182 valence electrons. The summed E-state index contributed by atoms with van der Waals surface area (Å²) in [6.45, 7) is 8.07. The highest BCUT2D eigenvalue weighted by molar-refractivity contribution is 6.51. The number of amides is 1. The number of carbonyl (C=O) groups excluding carboxylic acids is 2. The van der Waals surface area contributed by atoms with Gasteiger partial charge in [0.25, 0.3) is 11.7 Å².